The van der Waals surface area contributed by atoms with E-state index in [0.717, 1.165) is 12.8 Å². The molecule has 1 saturated heterocycles. The average molecular weight is 608 g/mol. The van der Waals surface area contributed by atoms with Crippen LogP contribution in [0, 0.1) is 34.0 Å². The summed E-state index contributed by atoms with van der Waals surface area (Å²) in [7, 11) is 1.19. The summed E-state index contributed by atoms with van der Waals surface area (Å²) in [6.45, 7) is 15.3. The Kier molecular flexibility index (Phi) is 9.77. The number of Topliss-reactive ketones (excluding diaryl/α,β-unsaturated/α-hetero) is 1. The molecule has 242 valence electrons. The standard InChI is InChI=1S/C30H49N5O8/c1-28(2,3)18(14-43-27(41)42-9)33-26(40)34-22(29(4,5)6)25(39)35-13-16-19(30(16,7)8)20(35)24(38)32-17(12-15-10-11-15)21(36)23(31)37/h15-20,22H,10-14H2,1-9H3,(H2,31,37)(H,32,38)(H2,33,34,40)/t16-,17?,18+,19-,20?,22?/m0/s1. The van der Waals surface area contributed by atoms with Crippen LogP contribution in [0.15, 0.2) is 0 Å². The van der Waals surface area contributed by atoms with Gasteiger partial charge in [-0.1, -0.05) is 68.2 Å². The van der Waals surface area contributed by atoms with Gasteiger partial charge in [0, 0.05) is 6.54 Å². The van der Waals surface area contributed by atoms with E-state index in [4.69, 9.17) is 10.5 Å². The highest BCUT2D eigenvalue weighted by Gasteiger charge is 2.70. The average Bonchev–Trinajstić information content (AvgIpc) is 3.74. The molecule has 2 saturated carbocycles. The summed E-state index contributed by atoms with van der Waals surface area (Å²) in [5, 5.41) is 8.35. The molecule has 1 aliphatic heterocycles. The van der Waals surface area contributed by atoms with Crippen LogP contribution in [0.3, 0.4) is 0 Å². The van der Waals surface area contributed by atoms with E-state index in [1.165, 1.54) is 12.0 Å². The lowest BCUT2D eigenvalue weighted by molar-refractivity contribution is -0.145. The first-order chi connectivity index (χ1) is 19.7. The number of ether oxygens (including phenoxy) is 2. The fourth-order valence-corrected chi connectivity index (χ4v) is 6.02. The van der Waals surface area contributed by atoms with E-state index in [0.29, 0.717) is 13.0 Å². The molecule has 6 atom stereocenters. The summed E-state index contributed by atoms with van der Waals surface area (Å²) >= 11 is 0. The number of rotatable bonds is 11. The van der Waals surface area contributed by atoms with Crippen LogP contribution in [-0.2, 0) is 28.7 Å². The third-order valence-corrected chi connectivity index (χ3v) is 9.18. The number of urea groups is 1. The number of amides is 5. The van der Waals surface area contributed by atoms with Crippen LogP contribution in [0.5, 0.6) is 0 Å². The van der Waals surface area contributed by atoms with E-state index >= 15 is 0 Å². The van der Waals surface area contributed by atoms with E-state index in [2.05, 4.69) is 20.7 Å². The highest BCUT2D eigenvalue weighted by Crippen LogP contribution is 2.65. The number of likely N-dealkylation sites (tertiary alicyclic amines) is 1. The van der Waals surface area contributed by atoms with Gasteiger partial charge < -0.3 is 36.1 Å². The fraction of sp³-hybridized carbons (Fsp3) is 0.800. The number of carbonyl (C=O) groups excluding carboxylic acids is 6. The zero-order valence-electron chi connectivity index (χ0n) is 26.9. The molecule has 0 bridgehead atoms. The van der Waals surface area contributed by atoms with Crippen molar-refractivity contribution in [3.63, 3.8) is 0 Å². The lowest BCUT2D eigenvalue weighted by atomic mass is 9.85. The molecule has 43 heavy (non-hydrogen) atoms. The molecule has 0 aromatic heterocycles. The SMILES string of the molecule is COC(=O)OC[C@@H](NC(=O)NC(C(=O)N1C[C@H]2[C@@H](C1C(=O)NC(CC1CC1)C(=O)C(N)=O)C2(C)C)C(C)(C)C)C(C)(C)C. The van der Waals surface area contributed by atoms with Crippen LogP contribution in [0.25, 0.3) is 0 Å². The Bertz CT molecular complexity index is 1140. The fourth-order valence-electron chi connectivity index (χ4n) is 6.02. The number of ketones is 1. The molecule has 0 aromatic rings. The summed E-state index contributed by atoms with van der Waals surface area (Å²) in [5.74, 6) is -2.72. The molecular formula is C30H49N5O8. The summed E-state index contributed by atoms with van der Waals surface area (Å²) in [4.78, 5) is 78.4. The van der Waals surface area contributed by atoms with Gasteiger partial charge in [0.25, 0.3) is 5.91 Å². The number of hydrogen-bond donors (Lipinski definition) is 4. The van der Waals surface area contributed by atoms with Crippen molar-refractivity contribution in [3.05, 3.63) is 0 Å². The Morgan fingerprint density at radius 2 is 1.56 bits per heavy atom. The number of nitrogens with zero attached hydrogens (tertiary/aromatic N) is 1. The normalized spacial score (nSPS) is 24.5. The number of nitrogens with two attached hydrogens (primary N) is 1. The van der Waals surface area contributed by atoms with E-state index in [9.17, 15) is 28.8 Å². The van der Waals surface area contributed by atoms with Gasteiger partial charge in [-0.3, -0.25) is 19.2 Å². The third kappa shape index (κ3) is 7.97. The number of carbonyl (C=O) groups is 6. The van der Waals surface area contributed by atoms with Crippen molar-refractivity contribution >= 4 is 35.7 Å². The topological polar surface area (TPSA) is 186 Å². The molecule has 3 rings (SSSR count). The summed E-state index contributed by atoms with van der Waals surface area (Å²) in [5.41, 5.74) is 3.83. The van der Waals surface area contributed by atoms with Gasteiger partial charge in [0.2, 0.25) is 17.6 Å². The predicted octanol–water partition coefficient (Wildman–Crippen LogP) is 1.72. The van der Waals surface area contributed by atoms with E-state index in [1.54, 1.807) is 0 Å². The van der Waals surface area contributed by atoms with Crippen molar-refractivity contribution < 1.29 is 38.2 Å². The number of piperidine rings is 1. The van der Waals surface area contributed by atoms with Gasteiger partial charge in [-0.05, 0) is 40.4 Å². The Balaban J connectivity index is 1.80. The first-order valence-corrected chi connectivity index (χ1v) is 14.9. The van der Waals surface area contributed by atoms with Crippen molar-refractivity contribution in [3.8, 4) is 0 Å². The van der Waals surface area contributed by atoms with Gasteiger partial charge in [-0.15, -0.1) is 0 Å². The van der Waals surface area contributed by atoms with Crippen LogP contribution in [0.4, 0.5) is 9.59 Å². The van der Waals surface area contributed by atoms with Crippen molar-refractivity contribution in [1.82, 2.24) is 20.9 Å². The first-order valence-electron chi connectivity index (χ1n) is 14.9. The Hall–Kier alpha value is -3.38. The lowest BCUT2D eigenvalue weighted by Gasteiger charge is -2.38. The maximum Gasteiger partial charge on any atom is 0.508 e. The molecule has 5 N–H and O–H groups in total. The van der Waals surface area contributed by atoms with Gasteiger partial charge in [0.15, 0.2) is 0 Å². The molecule has 2 aliphatic carbocycles. The summed E-state index contributed by atoms with van der Waals surface area (Å²) in [6.07, 6.45) is 1.27. The van der Waals surface area contributed by atoms with Crippen LogP contribution < -0.4 is 21.7 Å². The van der Waals surface area contributed by atoms with Gasteiger partial charge in [0.05, 0.1) is 19.2 Å². The zero-order valence-corrected chi connectivity index (χ0v) is 26.9. The largest absolute Gasteiger partial charge is 0.508 e. The Labute approximate surface area is 253 Å². The van der Waals surface area contributed by atoms with Gasteiger partial charge >= 0.3 is 12.2 Å². The van der Waals surface area contributed by atoms with Crippen LogP contribution in [-0.4, -0.2) is 85.0 Å². The lowest BCUT2D eigenvalue weighted by Crippen LogP contribution is -2.62. The Morgan fingerprint density at radius 3 is 2.05 bits per heavy atom. The molecule has 3 aliphatic rings. The highest BCUT2D eigenvalue weighted by atomic mass is 16.7. The second-order valence-electron chi connectivity index (χ2n) is 15.0. The molecule has 13 nitrogen and oxygen atoms in total. The summed E-state index contributed by atoms with van der Waals surface area (Å²) in [6, 6.07) is -4.17. The zero-order chi connectivity index (χ0) is 32.7. The number of nitrogens with one attached hydrogen (secondary N) is 3. The molecule has 1 heterocycles. The second-order valence-corrected chi connectivity index (χ2v) is 15.0. The monoisotopic (exact) mass is 607 g/mol. The molecule has 0 aromatic carbocycles. The number of methoxy groups -OCH3 is 1. The Morgan fingerprint density at radius 1 is 0.953 bits per heavy atom. The van der Waals surface area contributed by atoms with Crippen LogP contribution >= 0.6 is 0 Å². The van der Waals surface area contributed by atoms with E-state index in [1.807, 2.05) is 55.4 Å². The molecule has 13 heteroatoms. The molecule has 0 spiro atoms. The smallest absolute Gasteiger partial charge is 0.438 e. The third-order valence-electron chi connectivity index (χ3n) is 9.18. The number of hydrogen-bond acceptors (Lipinski definition) is 8. The molecule has 3 fully saturated rings. The van der Waals surface area contributed by atoms with E-state index < -0.39 is 70.7 Å². The quantitative estimate of drug-likeness (QED) is 0.202. The van der Waals surface area contributed by atoms with Crippen molar-refractivity contribution in [2.24, 2.45) is 39.7 Å². The van der Waals surface area contributed by atoms with Crippen molar-refractivity contribution in [2.75, 3.05) is 20.3 Å². The minimum absolute atomic E-state index is 0.0658. The number of fused-ring (bicyclic) bond motifs is 1. The number of primary amides is 1. The predicted molar refractivity (Wildman–Crippen MR) is 156 cm³/mol. The van der Waals surface area contributed by atoms with Crippen LogP contribution in [0.2, 0.25) is 0 Å². The second kappa shape index (κ2) is 12.3. The highest BCUT2D eigenvalue weighted by molar-refractivity contribution is 6.37. The van der Waals surface area contributed by atoms with E-state index in [-0.39, 0.29) is 29.8 Å². The molecule has 0 radical (unpaired) electrons. The maximum absolute atomic E-state index is 14.1. The van der Waals surface area contributed by atoms with Gasteiger partial charge in [-0.25, -0.2) is 9.59 Å². The minimum atomic E-state index is -1.11. The van der Waals surface area contributed by atoms with Crippen molar-refractivity contribution in [1.29, 1.82) is 0 Å². The minimum Gasteiger partial charge on any atom is -0.438 e. The molecule has 5 amide bonds. The van der Waals surface area contributed by atoms with Gasteiger partial charge in [0.1, 0.15) is 18.7 Å². The van der Waals surface area contributed by atoms with Crippen molar-refractivity contribution in [2.45, 2.75) is 98.8 Å². The molecule has 3 unspecified atom stereocenters. The summed E-state index contributed by atoms with van der Waals surface area (Å²) < 4.78 is 9.60. The molecular weight excluding hydrogens is 558 g/mol. The maximum atomic E-state index is 14.1. The van der Waals surface area contributed by atoms with Gasteiger partial charge in [-0.2, -0.15) is 0 Å². The first kappa shape index (κ1) is 34.1. The van der Waals surface area contributed by atoms with Crippen LogP contribution in [0.1, 0.15) is 74.7 Å².